The zero-order valence-electron chi connectivity index (χ0n) is 16.5. The van der Waals surface area contributed by atoms with E-state index in [2.05, 4.69) is 15.4 Å². The smallest absolute Gasteiger partial charge is 0.322 e. The van der Waals surface area contributed by atoms with Gasteiger partial charge in [-0.15, -0.1) is 0 Å². The van der Waals surface area contributed by atoms with Gasteiger partial charge in [0, 0.05) is 16.3 Å². The number of carbonyl (C=O) groups is 1. The molecular formula is C22H16ClF3N4O. The molecule has 2 heterocycles. The maximum absolute atomic E-state index is 13.7. The molecule has 2 aromatic heterocycles. The second-order valence-corrected chi connectivity index (χ2v) is 7.51. The van der Waals surface area contributed by atoms with Crippen molar-refractivity contribution >= 4 is 28.8 Å². The molecule has 0 atom stereocenters. The molecule has 0 fully saturated rings. The minimum atomic E-state index is -4.69. The molecule has 0 aliphatic heterocycles. The van der Waals surface area contributed by atoms with E-state index in [1.165, 1.54) is 0 Å². The first-order valence-electron chi connectivity index (χ1n) is 9.24. The highest BCUT2D eigenvalue weighted by Crippen LogP contribution is 2.33. The number of hydrogen-bond acceptors (Lipinski definition) is 3. The fourth-order valence-corrected chi connectivity index (χ4v) is 3.25. The third-order valence-corrected chi connectivity index (χ3v) is 5.19. The average Bonchev–Trinajstić information content (AvgIpc) is 3.14. The SMILES string of the molecule is Cc1ccc(-c2cc(C(F)(F)F)n3ncc(C(=O)Nc4ccc(C)c(Cl)c4)c3n2)cc1. The van der Waals surface area contributed by atoms with Crippen molar-refractivity contribution in [3.05, 3.63) is 82.1 Å². The highest BCUT2D eigenvalue weighted by Gasteiger charge is 2.36. The Hall–Kier alpha value is -3.39. The van der Waals surface area contributed by atoms with Crippen LogP contribution in [0.15, 0.2) is 54.7 Å². The van der Waals surface area contributed by atoms with Gasteiger partial charge in [-0.25, -0.2) is 9.50 Å². The summed E-state index contributed by atoms with van der Waals surface area (Å²) >= 11 is 6.08. The normalized spacial score (nSPS) is 11.7. The molecule has 4 rings (SSSR count). The van der Waals surface area contributed by atoms with Gasteiger partial charge in [0.05, 0.1) is 11.9 Å². The minimum Gasteiger partial charge on any atom is -0.322 e. The molecule has 158 valence electrons. The van der Waals surface area contributed by atoms with E-state index in [4.69, 9.17) is 11.6 Å². The first-order chi connectivity index (χ1) is 14.6. The van der Waals surface area contributed by atoms with Gasteiger partial charge in [0.2, 0.25) is 0 Å². The first kappa shape index (κ1) is 20.9. The van der Waals surface area contributed by atoms with Gasteiger partial charge in [-0.05, 0) is 37.6 Å². The summed E-state index contributed by atoms with van der Waals surface area (Å²) in [7, 11) is 0. The van der Waals surface area contributed by atoms with Crippen LogP contribution >= 0.6 is 11.6 Å². The second-order valence-electron chi connectivity index (χ2n) is 7.10. The van der Waals surface area contributed by atoms with Crippen molar-refractivity contribution in [1.29, 1.82) is 0 Å². The number of aromatic nitrogens is 3. The average molecular weight is 445 g/mol. The van der Waals surface area contributed by atoms with Crippen molar-refractivity contribution in [2.45, 2.75) is 20.0 Å². The number of benzene rings is 2. The van der Waals surface area contributed by atoms with Crippen molar-refractivity contribution in [3.63, 3.8) is 0 Å². The molecule has 0 bridgehead atoms. The van der Waals surface area contributed by atoms with Crippen LogP contribution in [0.4, 0.5) is 18.9 Å². The van der Waals surface area contributed by atoms with E-state index in [-0.39, 0.29) is 16.9 Å². The van der Waals surface area contributed by atoms with Gasteiger partial charge in [-0.1, -0.05) is 47.5 Å². The molecule has 0 unspecified atom stereocenters. The Morgan fingerprint density at radius 1 is 1.06 bits per heavy atom. The largest absolute Gasteiger partial charge is 0.433 e. The standard InChI is InChI=1S/C22H16ClF3N4O/c1-12-3-6-14(7-4-12)18-10-19(22(24,25)26)30-20(29-18)16(11-27-30)21(31)28-15-8-5-13(2)17(23)9-15/h3-11H,1-2H3,(H,28,31). The number of fused-ring (bicyclic) bond motifs is 1. The first-order valence-corrected chi connectivity index (χ1v) is 9.62. The fraction of sp³-hybridized carbons (Fsp3) is 0.136. The number of carbonyl (C=O) groups excluding carboxylic acids is 1. The van der Waals surface area contributed by atoms with E-state index in [0.29, 0.717) is 20.8 Å². The Labute approximate surface area is 180 Å². The summed E-state index contributed by atoms with van der Waals surface area (Å²) in [6.07, 6.45) is -3.62. The van der Waals surface area contributed by atoms with Crippen LogP contribution in [0, 0.1) is 13.8 Å². The third-order valence-electron chi connectivity index (χ3n) is 4.78. The Morgan fingerprint density at radius 2 is 1.77 bits per heavy atom. The summed E-state index contributed by atoms with van der Waals surface area (Å²) in [5.74, 6) is -0.642. The second kappa shape index (κ2) is 7.70. The van der Waals surface area contributed by atoms with Crippen molar-refractivity contribution < 1.29 is 18.0 Å². The van der Waals surface area contributed by atoms with Crippen LogP contribution in [0.5, 0.6) is 0 Å². The molecule has 0 aliphatic rings. The number of alkyl halides is 3. The van der Waals surface area contributed by atoms with Gasteiger partial charge < -0.3 is 5.32 Å². The topological polar surface area (TPSA) is 59.3 Å². The molecule has 0 saturated carbocycles. The van der Waals surface area contributed by atoms with Crippen molar-refractivity contribution in [2.75, 3.05) is 5.32 Å². The van der Waals surface area contributed by atoms with E-state index >= 15 is 0 Å². The highest BCUT2D eigenvalue weighted by atomic mass is 35.5. The molecule has 0 aliphatic carbocycles. The number of aryl methyl sites for hydroxylation is 2. The number of nitrogens with one attached hydrogen (secondary N) is 1. The van der Waals surface area contributed by atoms with Crippen molar-refractivity contribution in [1.82, 2.24) is 14.6 Å². The molecule has 4 aromatic rings. The van der Waals surface area contributed by atoms with E-state index in [1.54, 1.807) is 42.5 Å². The van der Waals surface area contributed by atoms with Crippen LogP contribution in [0.25, 0.3) is 16.9 Å². The predicted molar refractivity (Wildman–Crippen MR) is 112 cm³/mol. The summed E-state index contributed by atoms with van der Waals surface area (Å²) in [6.45, 7) is 3.69. The van der Waals surface area contributed by atoms with Crippen molar-refractivity contribution in [2.24, 2.45) is 0 Å². The quantitative estimate of drug-likeness (QED) is 0.425. The molecule has 0 spiro atoms. The maximum Gasteiger partial charge on any atom is 0.433 e. The van der Waals surface area contributed by atoms with Crippen LogP contribution in [0.2, 0.25) is 5.02 Å². The summed E-state index contributed by atoms with van der Waals surface area (Å²) < 4.78 is 41.8. The molecule has 9 heteroatoms. The van der Waals surface area contributed by atoms with Crippen LogP contribution in [0.1, 0.15) is 27.2 Å². The fourth-order valence-electron chi connectivity index (χ4n) is 3.07. The van der Waals surface area contributed by atoms with E-state index in [1.807, 2.05) is 13.8 Å². The van der Waals surface area contributed by atoms with Gasteiger partial charge in [-0.3, -0.25) is 4.79 Å². The number of amides is 1. The lowest BCUT2D eigenvalue weighted by molar-refractivity contribution is -0.142. The molecule has 1 N–H and O–H groups in total. The molecule has 1 amide bonds. The summed E-state index contributed by atoms with van der Waals surface area (Å²) in [4.78, 5) is 17.1. The maximum atomic E-state index is 13.7. The molecule has 0 radical (unpaired) electrons. The van der Waals surface area contributed by atoms with Gasteiger partial charge in [-0.2, -0.15) is 18.3 Å². The van der Waals surface area contributed by atoms with Gasteiger partial charge >= 0.3 is 6.18 Å². The zero-order valence-corrected chi connectivity index (χ0v) is 17.2. The van der Waals surface area contributed by atoms with E-state index in [9.17, 15) is 18.0 Å². The van der Waals surface area contributed by atoms with E-state index < -0.39 is 17.8 Å². The molecular weight excluding hydrogens is 429 g/mol. The number of hydrogen-bond donors (Lipinski definition) is 1. The Morgan fingerprint density at radius 3 is 2.42 bits per heavy atom. The monoisotopic (exact) mass is 444 g/mol. The summed E-state index contributed by atoms with van der Waals surface area (Å²) in [5.41, 5.74) is 1.48. The number of halogens is 4. The lowest BCUT2D eigenvalue weighted by atomic mass is 10.1. The molecule has 5 nitrogen and oxygen atoms in total. The van der Waals surface area contributed by atoms with Gasteiger partial charge in [0.1, 0.15) is 5.56 Å². The number of anilines is 1. The van der Waals surface area contributed by atoms with Crippen LogP contribution in [-0.2, 0) is 6.18 Å². The third kappa shape index (κ3) is 4.11. The van der Waals surface area contributed by atoms with E-state index in [0.717, 1.165) is 23.4 Å². The van der Waals surface area contributed by atoms with Gasteiger partial charge in [0.25, 0.3) is 5.91 Å². The molecule has 2 aromatic carbocycles. The lowest BCUT2D eigenvalue weighted by Gasteiger charge is -2.12. The molecule has 0 saturated heterocycles. The number of nitrogens with zero attached hydrogens (tertiary/aromatic N) is 3. The Balaban J connectivity index is 1.82. The van der Waals surface area contributed by atoms with Crippen LogP contribution < -0.4 is 5.32 Å². The lowest BCUT2D eigenvalue weighted by Crippen LogP contribution is -2.15. The molecule has 31 heavy (non-hydrogen) atoms. The van der Waals surface area contributed by atoms with Crippen molar-refractivity contribution in [3.8, 4) is 11.3 Å². The summed E-state index contributed by atoms with van der Waals surface area (Å²) in [5, 5.41) is 6.86. The Kier molecular flexibility index (Phi) is 5.18. The Bertz CT molecular complexity index is 1300. The van der Waals surface area contributed by atoms with Gasteiger partial charge in [0.15, 0.2) is 11.3 Å². The highest BCUT2D eigenvalue weighted by molar-refractivity contribution is 6.31. The van der Waals surface area contributed by atoms with Crippen LogP contribution in [-0.4, -0.2) is 20.5 Å². The summed E-state index contributed by atoms with van der Waals surface area (Å²) in [6, 6.07) is 12.8. The zero-order chi connectivity index (χ0) is 22.3. The van der Waals surface area contributed by atoms with Crippen LogP contribution in [0.3, 0.4) is 0 Å². The minimum absolute atomic E-state index is 0.0869. The predicted octanol–water partition coefficient (Wildman–Crippen LogP) is 5.94. The number of rotatable bonds is 3.